The Morgan fingerprint density at radius 1 is 1.12 bits per heavy atom. The average molecular weight is 335 g/mol. The Kier molecular flexibility index (Phi) is 4.84. The van der Waals surface area contributed by atoms with Crippen LogP contribution in [0.2, 0.25) is 0 Å². The number of benzene rings is 2. The van der Waals surface area contributed by atoms with E-state index in [1.807, 2.05) is 54.9 Å². The van der Waals surface area contributed by atoms with Crippen molar-refractivity contribution >= 4 is 5.91 Å². The quantitative estimate of drug-likeness (QED) is 0.753. The maximum atomic E-state index is 12.2. The van der Waals surface area contributed by atoms with Crippen LogP contribution in [-0.2, 0) is 17.8 Å². The van der Waals surface area contributed by atoms with Gasteiger partial charge in [0.1, 0.15) is 5.75 Å². The third-order valence-electron chi connectivity index (χ3n) is 3.98. The number of aryl methyl sites for hydroxylation is 2. The molecule has 128 valence electrons. The number of nitrogens with zero attached hydrogens (tertiary/aromatic N) is 2. The Labute approximate surface area is 146 Å². The van der Waals surface area contributed by atoms with Crippen LogP contribution in [0, 0.1) is 13.8 Å². The van der Waals surface area contributed by atoms with Crippen molar-refractivity contribution in [2.24, 2.45) is 0 Å². The van der Waals surface area contributed by atoms with Crippen LogP contribution in [0.5, 0.6) is 5.75 Å². The minimum Gasteiger partial charge on any atom is -0.508 e. The SMILES string of the molecule is Cc1cc(C)n(-c2ccccc2CNC(=O)Cc2cccc(O)c2)n1. The van der Waals surface area contributed by atoms with E-state index >= 15 is 0 Å². The van der Waals surface area contributed by atoms with Crippen LogP contribution in [0.1, 0.15) is 22.5 Å². The van der Waals surface area contributed by atoms with Gasteiger partial charge in [0, 0.05) is 12.2 Å². The molecule has 2 aromatic carbocycles. The summed E-state index contributed by atoms with van der Waals surface area (Å²) >= 11 is 0. The number of hydrogen-bond donors (Lipinski definition) is 2. The lowest BCUT2D eigenvalue weighted by Crippen LogP contribution is -2.25. The summed E-state index contributed by atoms with van der Waals surface area (Å²) in [6.07, 6.45) is 0.233. The number of carbonyl (C=O) groups excluding carboxylic acids is 1. The van der Waals surface area contributed by atoms with Crippen molar-refractivity contribution in [2.75, 3.05) is 0 Å². The van der Waals surface area contributed by atoms with Gasteiger partial charge in [0.2, 0.25) is 5.91 Å². The van der Waals surface area contributed by atoms with Gasteiger partial charge in [0.05, 0.1) is 17.8 Å². The highest BCUT2D eigenvalue weighted by atomic mass is 16.3. The van der Waals surface area contributed by atoms with E-state index in [4.69, 9.17) is 0 Å². The van der Waals surface area contributed by atoms with Gasteiger partial charge in [0.15, 0.2) is 0 Å². The summed E-state index contributed by atoms with van der Waals surface area (Å²) in [7, 11) is 0. The number of rotatable bonds is 5. The van der Waals surface area contributed by atoms with Crippen molar-refractivity contribution in [1.82, 2.24) is 15.1 Å². The number of para-hydroxylation sites is 1. The molecule has 1 aromatic heterocycles. The summed E-state index contributed by atoms with van der Waals surface area (Å²) in [5, 5.41) is 16.9. The molecule has 0 unspecified atom stereocenters. The summed E-state index contributed by atoms with van der Waals surface area (Å²) in [6.45, 7) is 4.40. The Morgan fingerprint density at radius 3 is 2.64 bits per heavy atom. The first-order valence-electron chi connectivity index (χ1n) is 8.19. The molecule has 0 aliphatic heterocycles. The third kappa shape index (κ3) is 4.07. The number of amides is 1. The number of phenols is 1. The molecule has 0 aliphatic rings. The van der Waals surface area contributed by atoms with E-state index in [0.29, 0.717) is 6.54 Å². The minimum absolute atomic E-state index is 0.0891. The second-order valence-electron chi connectivity index (χ2n) is 6.09. The van der Waals surface area contributed by atoms with Crippen LogP contribution in [0.3, 0.4) is 0 Å². The second-order valence-corrected chi connectivity index (χ2v) is 6.09. The summed E-state index contributed by atoms with van der Waals surface area (Å²) in [4.78, 5) is 12.2. The summed E-state index contributed by atoms with van der Waals surface area (Å²) in [5.41, 5.74) is 4.75. The maximum absolute atomic E-state index is 12.2. The highest BCUT2D eigenvalue weighted by Gasteiger charge is 2.10. The fraction of sp³-hybridized carbons (Fsp3) is 0.200. The first-order valence-corrected chi connectivity index (χ1v) is 8.19. The zero-order valence-electron chi connectivity index (χ0n) is 14.4. The summed E-state index contributed by atoms with van der Waals surface area (Å²) < 4.78 is 1.89. The van der Waals surface area contributed by atoms with Crippen molar-refractivity contribution in [1.29, 1.82) is 0 Å². The smallest absolute Gasteiger partial charge is 0.224 e. The number of nitrogens with one attached hydrogen (secondary N) is 1. The average Bonchev–Trinajstić information content (AvgIpc) is 2.91. The van der Waals surface area contributed by atoms with Crippen LogP contribution < -0.4 is 5.32 Å². The van der Waals surface area contributed by atoms with E-state index in [0.717, 1.165) is 28.2 Å². The normalized spacial score (nSPS) is 10.6. The number of carbonyl (C=O) groups is 1. The fourth-order valence-electron chi connectivity index (χ4n) is 2.85. The minimum atomic E-state index is -0.0891. The van der Waals surface area contributed by atoms with Crippen LogP contribution >= 0.6 is 0 Å². The van der Waals surface area contributed by atoms with Gasteiger partial charge in [-0.25, -0.2) is 4.68 Å². The van der Waals surface area contributed by atoms with Crippen LogP contribution in [-0.4, -0.2) is 20.8 Å². The van der Waals surface area contributed by atoms with Gasteiger partial charge in [-0.2, -0.15) is 5.10 Å². The van der Waals surface area contributed by atoms with Gasteiger partial charge in [-0.1, -0.05) is 30.3 Å². The molecule has 0 fully saturated rings. The lowest BCUT2D eigenvalue weighted by molar-refractivity contribution is -0.120. The molecule has 0 saturated carbocycles. The summed E-state index contributed by atoms with van der Waals surface area (Å²) in [5.74, 6) is 0.0777. The van der Waals surface area contributed by atoms with Gasteiger partial charge < -0.3 is 10.4 Å². The van der Waals surface area contributed by atoms with Gasteiger partial charge in [-0.3, -0.25) is 4.79 Å². The van der Waals surface area contributed by atoms with Crippen molar-refractivity contribution in [3.05, 3.63) is 77.1 Å². The second kappa shape index (κ2) is 7.21. The van der Waals surface area contributed by atoms with Crippen molar-refractivity contribution in [3.63, 3.8) is 0 Å². The Bertz CT molecular complexity index is 899. The van der Waals surface area contributed by atoms with Crippen LogP contribution in [0.15, 0.2) is 54.6 Å². The first-order chi connectivity index (χ1) is 12.0. The molecule has 0 bridgehead atoms. The first kappa shape index (κ1) is 16.8. The molecule has 1 heterocycles. The fourth-order valence-corrected chi connectivity index (χ4v) is 2.85. The standard InChI is InChI=1S/C20H21N3O2/c1-14-10-15(2)23(22-14)19-9-4-3-7-17(19)13-21-20(25)12-16-6-5-8-18(24)11-16/h3-11,24H,12-13H2,1-2H3,(H,21,25). The van der Waals surface area contributed by atoms with E-state index in [9.17, 15) is 9.90 Å². The van der Waals surface area contributed by atoms with Gasteiger partial charge in [-0.15, -0.1) is 0 Å². The molecule has 5 nitrogen and oxygen atoms in total. The van der Waals surface area contributed by atoms with E-state index in [1.165, 1.54) is 0 Å². The molecule has 25 heavy (non-hydrogen) atoms. The van der Waals surface area contributed by atoms with E-state index in [2.05, 4.69) is 10.4 Å². The maximum Gasteiger partial charge on any atom is 0.224 e. The van der Waals surface area contributed by atoms with Crippen molar-refractivity contribution in [2.45, 2.75) is 26.8 Å². The Balaban J connectivity index is 1.71. The third-order valence-corrected chi connectivity index (χ3v) is 3.98. The predicted octanol–water partition coefficient (Wildman–Crippen LogP) is 3.05. The zero-order valence-corrected chi connectivity index (χ0v) is 14.4. The van der Waals surface area contributed by atoms with Crippen molar-refractivity contribution in [3.8, 4) is 11.4 Å². The molecular weight excluding hydrogens is 314 g/mol. The molecule has 0 radical (unpaired) electrons. The van der Waals surface area contributed by atoms with Crippen LogP contribution in [0.25, 0.3) is 5.69 Å². The molecular formula is C20H21N3O2. The topological polar surface area (TPSA) is 67.2 Å². The predicted molar refractivity (Wildman–Crippen MR) is 96.7 cm³/mol. The lowest BCUT2D eigenvalue weighted by atomic mass is 10.1. The molecule has 0 saturated heterocycles. The van der Waals surface area contributed by atoms with E-state index in [-0.39, 0.29) is 18.1 Å². The Hall–Kier alpha value is -3.08. The molecule has 0 aliphatic carbocycles. The molecule has 0 spiro atoms. The Morgan fingerprint density at radius 2 is 1.92 bits per heavy atom. The molecule has 2 N–H and O–H groups in total. The molecule has 3 aromatic rings. The highest BCUT2D eigenvalue weighted by Crippen LogP contribution is 2.17. The number of hydrogen-bond acceptors (Lipinski definition) is 3. The summed E-state index contributed by atoms with van der Waals surface area (Å²) in [6, 6.07) is 16.7. The highest BCUT2D eigenvalue weighted by molar-refractivity contribution is 5.78. The van der Waals surface area contributed by atoms with Gasteiger partial charge >= 0.3 is 0 Å². The van der Waals surface area contributed by atoms with E-state index in [1.54, 1.807) is 18.2 Å². The molecule has 0 atom stereocenters. The number of aromatic nitrogens is 2. The largest absolute Gasteiger partial charge is 0.508 e. The molecule has 1 amide bonds. The molecule has 5 heteroatoms. The number of aromatic hydroxyl groups is 1. The van der Waals surface area contributed by atoms with Gasteiger partial charge in [-0.05, 0) is 49.2 Å². The monoisotopic (exact) mass is 335 g/mol. The molecule has 3 rings (SSSR count). The number of phenolic OH excluding ortho intramolecular Hbond substituents is 1. The van der Waals surface area contributed by atoms with Crippen LogP contribution in [0.4, 0.5) is 0 Å². The van der Waals surface area contributed by atoms with Gasteiger partial charge in [0.25, 0.3) is 0 Å². The lowest BCUT2D eigenvalue weighted by Gasteiger charge is -2.12. The van der Waals surface area contributed by atoms with E-state index < -0.39 is 0 Å². The zero-order chi connectivity index (χ0) is 17.8. The van der Waals surface area contributed by atoms with Crippen molar-refractivity contribution < 1.29 is 9.90 Å².